The van der Waals surface area contributed by atoms with Crippen LogP contribution < -0.4 is 16.4 Å². The molecule has 1 amide bonds. The maximum Gasteiger partial charge on any atom is 0.321 e. The van der Waals surface area contributed by atoms with Gasteiger partial charge in [0.05, 0.1) is 6.42 Å². The zero-order chi connectivity index (χ0) is 15.9. The van der Waals surface area contributed by atoms with E-state index < -0.39 is 12.0 Å². The van der Waals surface area contributed by atoms with Crippen molar-refractivity contribution in [2.24, 2.45) is 5.73 Å². The van der Waals surface area contributed by atoms with E-state index in [-0.39, 0.29) is 12.3 Å². The van der Waals surface area contributed by atoms with Gasteiger partial charge in [-0.25, -0.2) is 0 Å². The number of rotatable bonds is 7. The molecule has 0 radical (unpaired) electrons. The molecule has 22 heavy (non-hydrogen) atoms. The van der Waals surface area contributed by atoms with Crippen LogP contribution in [0.4, 0.5) is 5.69 Å². The molecule has 0 saturated carbocycles. The van der Waals surface area contributed by atoms with Crippen molar-refractivity contribution in [2.45, 2.75) is 12.5 Å². The molecule has 116 valence electrons. The summed E-state index contributed by atoms with van der Waals surface area (Å²) < 4.78 is 0. The van der Waals surface area contributed by atoms with Crippen molar-refractivity contribution in [3.8, 4) is 0 Å². The zero-order valence-electron chi connectivity index (χ0n) is 12.1. The van der Waals surface area contributed by atoms with Crippen LogP contribution in [0.25, 0.3) is 10.8 Å². The van der Waals surface area contributed by atoms with Crippen molar-refractivity contribution in [1.82, 2.24) is 5.32 Å². The van der Waals surface area contributed by atoms with Gasteiger partial charge in [0, 0.05) is 24.2 Å². The average Bonchev–Trinajstić information content (AvgIpc) is 2.51. The van der Waals surface area contributed by atoms with Crippen LogP contribution in [0.2, 0.25) is 0 Å². The van der Waals surface area contributed by atoms with E-state index in [0.29, 0.717) is 18.8 Å². The number of nitrogens with one attached hydrogen (secondary N) is 2. The van der Waals surface area contributed by atoms with Gasteiger partial charge in [-0.3, -0.25) is 9.59 Å². The van der Waals surface area contributed by atoms with Crippen LogP contribution in [0.1, 0.15) is 6.42 Å². The van der Waals surface area contributed by atoms with E-state index in [1.807, 2.05) is 36.4 Å². The van der Waals surface area contributed by atoms with Gasteiger partial charge in [-0.2, -0.15) is 0 Å². The predicted octanol–water partition coefficient (Wildman–Crippen LogP) is 1.17. The number of carboxylic acids is 1. The van der Waals surface area contributed by atoms with Crippen LogP contribution in [0.5, 0.6) is 0 Å². The fraction of sp³-hybridized carbons (Fsp3) is 0.250. The molecule has 1 atom stereocenters. The van der Waals surface area contributed by atoms with Crippen molar-refractivity contribution in [1.29, 1.82) is 0 Å². The first kappa shape index (κ1) is 15.9. The van der Waals surface area contributed by atoms with E-state index in [0.717, 1.165) is 10.8 Å². The molecule has 2 rings (SSSR count). The summed E-state index contributed by atoms with van der Waals surface area (Å²) in [6.45, 7) is 0.660. The SMILES string of the molecule is NCCNC(CC(=O)Nc1cccc2ccccc12)C(=O)O. The van der Waals surface area contributed by atoms with Crippen molar-refractivity contribution < 1.29 is 14.7 Å². The summed E-state index contributed by atoms with van der Waals surface area (Å²) in [4.78, 5) is 23.2. The predicted molar refractivity (Wildman–Crippen MR) is 85.7 cm³/mol. The number of amides is 1. The number of aliphatic carboxylic acids is 1. The lowest BCUT2D eigenvalue weighted by Crippen LogP contribution is -2.41. The van der Waals surface area contributed by atoms with Crippen LogP contribution >= 0.6 is 0 Å². The highest BCUT2D eigenvalue weighted by Crippen LogP contribution is 2.23. The van der Waals surface area contributed by atoms with Gasteiger partial charge in [-0.1, -0.05) is 36.4 Å². The van der Waals surface area contributed by atoms with Crippen molar-refractivity contribution >= 4 is 28.3 Å². The second-order valence-corrected chi connectivity index (χ2v) is 4.91. The summed E-state index contributed by atoms with van der Waals surface area (Å²) in [5.41, 5.74) is 6.01. The van der Waals surface area contributed by atoms with E-state index in [9.17, 15) is 9.59 Å². The summed E-state index contributed by atoms with van der Waals surface area (Å²) in [6.07, 6.45) is -0.154. The highest BCUT2D eigenvalue weighted by atomic mass is 16.4. The third-order valence-corrected chi connectivity index (χ3v) is 3.29. The minimum Gasteiger partial charge on any atom is -0.480 e. The number of benzene rings is 2. The number of hydrogen-bond donors (Lipinski definition) is 4. The lowest BCUT2D eigenvalue weighted by molar-refractivity contribution is -0.141. The number of hydrogen-bond acceptors (Lipinski definition) is 4. The zero-order valence-corrected chi connectivity index (χ0v) is 12.1. The first-order chi connectivity index (χ1) is 10.6. The molecular formula is C16H19N3O3. The average molecular weight is 301 g/mol. The molecule has 0 aliphatic heterocycles. The Bertz CT molecular complexity index is 667. The molecule has 5 N–H and O–H groups in total. The summed E-state index contributed by atoms with van der Waals surface area (Å²) >= 11 is 0. The van der Waals surface area contributed by atoms with Gasteiger partial charge in [-0.15, -0.1) is 0 Å². The lowest BCUT2D eigenvalue weighted by atomic mass is 10.1. The number of carbonyl (C=O) groups excluding carboxylic acids is 1. The standard InChI is InChI=1S/C16H19N3O3/c17-8-9-18-14(16(21)22)10-15(20)19-13-7-3-5-11-4-1-2-6-12(11)13/h1-7,14,18H,8-10,17H2,(H,19,20)(H,21,22). The third kappa shape index (κ3) is 4.03. The summed E-state index contributed by atoms with van der Waals surface area (Å²) in [5.74, 6) is -1.42. The molecular weight excluding hydrogens is 282 g/mol. The molecule has 0 saturated heterocycles. The summed E-state index contributed by atoms with van der Waals surface area (Å²) in [6, 6.07) is 12.3. The fourth-order valence-electron chi connectivity index (χ4n) is 2.23. The van der Waals surface area contributed by atoms with Gasteiger partial charge < -0.3 is 21.5 Å². The van der Waals surface area contributed by atoms with Crippen LogP contribution in [0.3, 0.4) is 0 Å². The number of carbonyl (C=O) groups is 2. The minimum absolute atomic E-state index is 0.154. The molecule has 6 nitrogen and oxygen atoms in total. The van der Waals surface area contributed by atoms with Gasteiger partial charge in [0.2, 0.25) is 5.91 Å². The van der Waals surface area contributed by atoms with Crippen molar-refractivity contribution in [3.63, 3.8) is 0 Å². The quantitative estimate of drug-likeness (QED) is 0.614. The lowest BCUT2D eigenvalue weighted by Gasteiger charge is -2.14. The molecule has 2 aromatic rings. The first-order valence-electron chi connectivity index (χ1n) is 7.05. The molecule has 0 aliphatic carbocycles. The van der Waals surface area contributed by atoms with Gasteiger partial charge >= 0.3 is 5.97 Å². The van der Waals surface area contributed by atoms with Crippen LogP contribution in [0.15, 0.2) is 42.5 Å². The second kappa shape index (κ2) is 7.53. The van der Waals surface area contributed by atoms with Gasteiger partial charge in [0.25, 0.3) is 0 Å². The minimum atomic E-state index is -1.07. The maximum absolute atomic E-state index is 12.1. The Morgan fingerprint density at radius 1 is 1.14 bits per heavy atom. The summed E-state index contributed by atoms with van der Waals surface area (Å²) in [7, 11) is 0. The normalized spacial score (nSPS) is 12.0. The molecule has 0 aromatic heterocycles. The van der Waals surface area contributed by atoms with Crippen LogP contribution in [0, 0.1) is 0 Å². The fourth-order valence-corrected chi connectivity index (χ4v) is 2.23. The van der Waals surface area contributed by atoms with Crippen molar-refractivity contribution in [3.05, 3.63) is 42.5 Å². The number of carboxylic acid groups (broad SMARTS) is 1. The Labute approximate surface area is 128 Å². The van der Waals surface area contributed by atoms with Crippen molar-refractivity contribution in [2.75, 3.05) is 18.4 Å². The highest BCUT2D eigenvalue weighted by molar-refractivity contribution is 6.03. The number of nitrogens with two attached hydrogens (primary N) is 1. The van der Waals surface area contributed by atoms with Crippen LogP contribution in [-0.2, 0) is 9.59 Å². The summed E-state index contributed by atoms with van der Waals surface area (Å²) in [5, 5.41) is 16.5. The smallest absolute Gasteiger partial charge is 0.321 e. The topological polar surface area (TPSA) is 104 Å². The molecule has 0 fully saturated rings. The monoisotopic (exact) mass is 301 g/mol. The Morgan fingerprint density at radius 3 is 2.59 bits per heavy atom. The van der Waals surface area contributed by atoms with E-state index in [2.05, 4.69) is 10.6 Å². The number of fused-ring (bicyclic) bond motifs is 1. The van der Waals surface area contributed by atoms with E-state index >= 15 is 0 Å². The van der Waals surface area contributed by atoms with Crippen LogP contribution in [-0.4, -0.2) is 36.1 Å². The van der Waals surface area contributed by atoms with E-state index in [1.165, 1.54) is 0 Å². The molecule has 0 heterocycles. The Morgan fingerprint density at radius 2 is 1.86 bits per heavy atom. The molecule has 0 spiro atoms. The Hall–Kier alpha value is -2.44. The highest BCUT2D eigenvalue weighted by Gasteiger charge is 2.20. The molecule has 1 unspecified atom stereocenters. The molecule has 2 aromatic carbocycles. The molecule has 0 bridgehead atoms. The molecule has 0 aliphatic rings. The van der Waals surface area contributed by atoms with Gasteiger partial charge in [0.15, 0.2) is 0 Å². The first-order valence-corrected chi connectivity index (χ1v) is 7.05. The largest absolute Gasteiger partial charge is 0.480 e. The van der Waals surface area contributed by atoms with E-state index in [1.54, 1.807) is 6.07 Å². The maximum atomic E-state index is 12.1. The Kier molecular flexibility index (Phi) is 5.46. The Balaban J connectivity index is 2.08. The molecule has 6 heteroatoms. The third-order valence-electron chi connectivity index (χ3n) is 3.29. The van der Waals surface area contributed by atoms with Gasteiger partial charge in [0.1, 0.15) is 6.04 Å². The van der Waals surface area contributed by atoms with Gasteiger partial charge in [-0.05, 0) is 11.5 Å². The second-order valence-electron chi connectivity index (χ2n) is 4.91. The number of anilines is 1. The van der Waals surface area contributed by atoms with E-state index in [4.69, 9.17) is 10.8 Å².